The van der Waals surface area contributed by atoms with E-state index in [1.807, 2.05) is 30.3 Å². The molecule has 0 unspecified atom stereocenters. The maximum atomic E-state index is 11.9. The number of aliphatic carboxylic acids is 1. The lowest BCUT2D eigenvalue weighted by atomic mass is 10.1. The molecule has 116 valence electrons. The maximum absolute atomic E-state index is 11.9. The second-order valence-corrected chi connectivity index (χ2v) is 5.26. The third-order valence-corrected chi connectivity index (χ3v) is 3.12. The molecule has 1 amide bonds. The summed E-state index contributed by atoms with van der Waals surface area (Å²) in [7, 11) is 0. The number of hydrogen-bond acceptors (Lipinski definition) is 4. The molecule has 0 aliphatic heterocycles. The summed E-state index contributed by atoms with van der Waals surface area (Å²) in [5.41, 5.74) is 0.854. The summed E-state index contributed by atoms with van der Waals surface area (Å²) in [6.45, 7) is 3.40. The van der Waals surface area contributed by atoms with Gasteiger partial charge in [-0.1, -0.05) is 44.2 Å². The van der Waals surface area contributed by atoms with Gasteiger partial charge in [-0.3, -0.25) is 4.79 Å². The smallest absolute Gasteiger partial charge is 0.326 e. The number of aromatic nitrogens is 3. The van der Waals surface area contributed by atoms with Gasteiger partial charge in [0.25, 0.3) is 0 Å². The number of carbonyl (C=O) groups is 2. The van der Waals surface area contributed by atoms with Crippen molar-refractivity contribution in [3.63, 3.8) is 0 Å². The zero-order valence-corrected chi connectivity index (χ0v) is 12.4. The first kappa shape index (κ1) is 15.7. The second kappa shape index (κ2) is 6.84. The standard InChI is InChI=1S/C15H18N4O3/c1-10(2)13(15(21)22)17-12(20)8-19-9-16-14(18-19)11-6-4-3-5-7-11/h3-7,9-10,13H,8H2,1-2H3,(H,17,20)(H,21,22)/t13-/m0/s1. The number of carboxylic acid groups (broad SMARTS) is 1. The van der Waals surface area contributed by atoms with E-state index in [-0.39, 0.29) is 12.5 Å². The summed E-state index contributed by atoms with van der Waals surface area (Å²) in [4.78, 5) is 27.1. The molecule has 2 aromatic rings. The highest BCUT2D eigenvalue weighted by molar-refractivity contribution is 5.83. The fraction of sp³-hybridized carbons (Fsp3) is 0.333. The van der Waals surface area contributed by atoms with Crippen LogP contribution in [0.15, 0.2) is 36.7 Å². The Bertz CT molecular complexity index is 652. The lowest BCUT2D eigenvalue weighted by molar-refractivity contribution is -0.143. The van der Waals surface area contributed by atoms with Gasteiger partial charge < -0.3 is 10.4 Å². The Morgan fingerprint density at radius 3 is 2.55 bits per heavy atom. The topological polar surface area (TPSA) is 97.1 Å². The van der Waals surface area contributed by atoms with Crippen LogP contribution in [0.3, 0.4) is 0 Å². The summed E-state index contributed by atoms with van der Waals surface area (Å²) >= 11 is 0. The fourth-order valence-corrected chi connectivity index (χ4v) is 1.97. The Balaban J connectivity index is 2.01. The van der Waals surface area contributed by atoms with Crippen molar-refractivity contribution >= 4 is 11.9 Å². The molecule has 0 fully saturated rings. The number of nitrogens with zero attached hydrogens (tertiary/aromatic N) is 3. The van der Waals surface area contributed by atoms with Crippen LogP contribution in [0, 0.1) is 5.92 Å². The van der Waals surface area contributed by atoms with E-state index < -0.39 is 17.9 Å². The van der Waals surface area contributed by atoms with Crippen molar-refractivity contribution in [1.82, 2.24) is 20.1 Å². The first-order valence-electron chi connectivity index (χ1n) is 6.94. The summed E-state index contributed by atoms with van der Waals surface area (Å²) in [5, 5.41) is 15.8. The van der Waals surface area contributed by atoms with Gasteiger partial charge in [-0.25, -0.2) is 14.5 Å². The Hall–Kier alpha value is -2.70. The highest BCUT2D eigenvalue weighted by Crippen LogP contribution is 2.12. The van der Waals surface area contributed by atoms with Gasteiger partial charge in [-0.05, 0) is 5.92 Å². The highest BCUT2D eigenvalue weighted by atomic mass is 16.4. The largest absolute Gasteiger partial charge is 0.480 e. The third kappa shape index (κ3) is 3.91. The van der Waals surface area contributed by atoms with E-state index >= 15 is 0 Å². The van der Waals surface area contributed by atoms with Crippen molar-refractivity contribution < 1.29 is 14.7 Å². The molecule has 2 N–H and O–H groups in total. The van der Waals surface area contributed by atoms with Gasteiger partial charge in [0.15, 0.2) is 5.82 Å². The summed E-state index contributed by atoms with van der Waals surface area (Å²) < 4.78 is 1.39. The summed E-state index contributed by atoms with van der Waals surface area (Å²) in [6, 6.07) is 8.49. The number of hydrogen-bond donors (Lipinski definition) is 2. The van der Waals surface area contributed by atoms with Gasteiger partial charge in [0.2, 0.25) is 5.91 Å². The molecule has 0 bridgehead atoms. The first-order valence-corrected chi connectivity index (χ1v) is 6.94. The van der Waals surface area contributed by atoms with Crippen LogP contribution in [0.25, 0.3) is 11.4 Å². The lowest BCUT2D eigenvalue weighted by Crippen LogP contribution is -2.45. The predicted molar refractivity (Wildman–Crippen MR) is 79.9 cm³/mol. The number of benzene rings is 1. The Morgan fingerprint density at radius 2 is 1.95 bits per heavy atom. The van der Waals surface area contributed by atoms with Crippen molar-refractivity contribution in [2.75, 3.05) is 0 Å². The molecule has 22 heavy (non-hydrogen) atoms. The number of amides is 1. The number of nitrogens with one attached hydrogen (secondary N) is 1. The van der Waals surface area contributed by atoms with Crippen LogP contribution in [-0.2, 0) is 16.1 Å². The van der Waals surface area contributed by atoms with Crippen molar-refractivity contribution in [3.05, 3.63) is 36.7 Å². The molecule has 0 spiro atoms. The molecule has 1 aromatic heterocycles. The number of rotatable bonds is 6. The van der Waals surface area contributed by atoms with E-state index in [9.17, 15) is 9.59 Å². The Morgan fingerprint density at radius 1 is 1.27 bits per heavy atom. The van der Waals surface area contributed by atoms with E-state index in [1.165, 1.54) is 11.0 Å². The average molecular weight is 302 g/mol. The monoisotopic (exact) mass is 302 g/mol. The molecule has 7 heteroatoms. The fourth-order valence-electron chi connectivity index (χ4n) is 1.97. The van der Waals surface area contributed by atoms with Gasteiger partial charge in [0.1, 0.15) is 18.9 Å². The Labute approximate surface area is 128 Å². The third-order valence-electron chi connectivity index (χ3n) is 3.12. The average Bonchev–Trinajstić information content (AvgIpc) is 2.93. The second-order valence-electron chi connectivity index (χ2n) is 5.26. The molecule has 0 saturated heterocycles. The zero-order valence-electron chi connectivity index (χ0n) is 12.4. The SMILES string of the molecule is CC(C)[C@H](NC(=O)Cn1cnc(-c2ccccc2)n1)C(=O)O. The number of carboxylic acids is 1. The van der Waals surface area contributed by atoms with Crippen LogP contribution in [0.5, 0.6) is 0 Å². The minimum atomic E-state index is -1.05. The van der Waals surface area contributed by atoms with E-state index in [0.717, 1.165) is 5.56 Å². The van der Waals surface area contributed by atoms with Crippen LogP contribution >= 0.6 is 0 Å². The lowest BCUT2D eigenvalue weighted by Gasteiger charge is -2.17. The normalized spacial score (nSPS) is 12.1. The van der Waals surface area contributed by atoms with Crippen LogP contribution in [0.1, 0.15) is 13.8 Å². The molecule has 0 aliphatic carbocycles. The molecule has 1 aromatic carbocycles. The molecule has 7 nitrogen and oxygen atoms in total. The molecular weight excluding hydrogens is 284 g/mol. The molecule has 0 saturated carbocycles. The molecule has 0 aliphatic rings. The van der Waals surface area contributed by atoms with E-state index in [0.29, 0.717) is 5.82 Å². The zero-order chi connectivity index (χ0) is 16.1. The van der Waals surface area contributed by atoms with Gasteiger partial charge >= 0.3 is 5.97 Å². The minimum absolute atomic E-state index is 0.0731. The Kier molecular flexibility index (Phi) is 4.88. The van der Waals surface area contributed by atoms with Crippen molar-refractivity contribution in [2.45, 2.75) is 26.4 Å². The minimum Gasteiger partial charge on any atom is -0.480 e. The summed E-state index contributed by atoms with van der Waals surface area (Å²) in [6.07, 6.45) is 1.45. The van der Waals surface area contributed by atoms with Crippen molar-refractivity contribution in [2.24, 2.45) is 5.92 Å². The van der Waals surface area contributed by atoms with Gasteiger partial charge in [0, 0.05) is 5.56 Å². The van der Waals surface area contributed by atoms with Crippen LogP contribution in [-0.4, -0.2) is 37.8 Å². The van der Waals surface area contributed by atoms with Crippen molar-refractivity contribution in [1.29, 1.82) is 0 Å². The predicted octanol–water partition coefficient (Wildman–Crippen LogP) is 1.17. The quantitative estimate of drug-likeness (QED) is 0.835. The van der Waals surface area contributed by atoms with E-state index in [2.05, 4.69) is 15.4 Å². The van der Waals surface area contributed by atoms with Gasteiger partial charge in [0.05, 0.1) is 0 Å². The van der Waals surface area contributed by atoms with E-state index in [4.69, 9.17) is 5.11 Å². The maximum Gasteiger partial charge on any atom is 0.326 e. The highest BCUT2D eigenvalue weighted by Gasteiger charge is 2.23. The van der Waals surface area contributed by atoms with E-state index in [1.54, 1.807) is 13.8 Å². The molecule has 0 radical (unpaired) electrons. The van der Waals surface area contributed by atoms with Crippen LogP contribution < -0.4 is 5.32 Å². The van der Waals surface area contributed by atoms with Crippen LogP contribution in [0.4, 0.5) is 0 Å². The first-order chi connectivity index (χ1) is 10.5. The van der Waals surface area contributed by atoms with Gasteiger partial charge in [-0.15, -0.1) is 0 Å². The summed E-state index contributed by atoms with van der Waals surface area (Å²) in [5.74, 6) is -1.14. The molecule has 1 atom stereocenters. The molecular formula is C15H18N4O3. The van der Waals surface area contributed by atoms with Gasteiger partial charge in [-0.2, -0.15) is 5.10 Å². The number of carbonyl (C=O) groups excluding carboxylic acids is 1. The molecule has 1 heterocycles. The molecule has 2 rings (SSSR count). The van der Waals surface area contributed by atoms with Crippen molar-refractivity contribution in [3.8, 4) is 11.4 Å². The van der Waals surface area contributed by atoms with Crippen LogP contribution in [0.2, 0.25) is 0 Å².